The van der Waals surface area contributed by atoms with Crippen LogP contribution in [0.1, 0.15) is 11.1 Å². The van der Waals surface area contributed by atoms with Crippen molar-refractivity contribution in [3.05, 3.63) is 70.1 Å². The van der Waals surface area contributed by atoms with Crippen molar-refractivity contribution in [2.75, 3.05) is 18.2 Å². The lowest BCUT2D eigenvalue weighted by Gasteiger charge is -2.09. The maximum Gasteiger partial charge on any atom is 0.270 e. The Balaban J connectivity index is 1.71. The van der Waals surface area contributed by atoms with Gasteiger partial charge in [-0.3, -0.25) is 9.59 Å². The molecule has 0 aliphatic rings. The summed E-state index contributed by atoms with van der Waals surface area (Å²) in [7, 11) is -2.47. The molecule has 0 atom stereocenters. The van der Waals surface area contributed by atoms with Crippen molar-refractivity contribution >= 4 is 33.2 Å². The number of hydrogen-bond donors (Lipinski definition) is 2. The smallest absolute Gasteiger partial charge is 0.270 e. The zero-order valence-electron chi connectivity index (χ0n) is 17.1. The van der Waals surface area contributed by atoms with Crippen LogP contribution in [0, 0.1) is 13.8 Å². The van der Waals surface area contributed by atoms with Gasteiger partial charge in [-0.1, -0.05) is 23.9 Å². The fraction of sp³-hybridized carbons (Fsp3) is 0.190. The number of hydrogen-bond acceptors (Lipinski definition) is 7. The summed E-state index contributed by atoms with van der Waals surface area (Å²) in [5, 5.41) is 2.86. The second-order valence-corrected chi connectivity index (χ2v) is 9.57. The number of thioether (sulfide) groups is 1. The van der Waals surface area contributed by atoms with E-state index in [1.54, 1.807) is 57.4 Å². The van der Waals surface area contributed by atoms with Crippen LogP contribution in [0.15, 0.2) is 68.4 Å². The van der Waals surface area contributed by atoms with Crippen molar-refractivity contribution in [3.63, 3.8) is 0 Å². The first-order valence-corrected chi connectivity index (χ1v) is 11.7. The van der Waals surface area contributed by atoms with Gasteiger partial charge in [0.2, 0.25) is 15.7 Å². The van der Waals surface area contributed by atoms with Gasteiger partial charge in [0, 0.05) is 5.69 Å². The number of methoxy groups -OCH3 is 1. The zero-order chi connectivity index (χ0) is 22.6. The van der Waals surface area contributed by atoms with Crippen LogP contribution < -0.4 is 15.6 Å². The number of carbonyl (C=O) groups excluding carboxylic acids is 1. The minimum absolute atomic E-state index is 0.0158. The Bertz CT molecular complexity index is 1270. The number of amides is 1. The normalized spacial score (nSPS) is 11.2. The van der Waals surface area contributed by atoms with Gasteiger partial charge in [0.25, 0.3) is 5.56 Å². The predicted molar refractivity (Wildman–Crippen MR) is 119 cm³/mol. The molecule has 3 rings (SSSR count). The zero-order valence-corrected chi connectivity index (χ0v) is 18.8. The quantitative estimate of drug-likeness (QED) is 0.412. The number of aryl methyl sites for hydroxylation is 2. The number of rotatable bonds is 7. The monoisotopic (exact) mass is 459 g/mol. The Kier molecular flexibility index (Phi) is 6.81. The van der Waals surface area contributed by atoms with E-state index >= 15 is 0 Å². The third kappa shape index (κ3) is 5.33. The van der Waals surface area contributed by atoms with E-state index in [2.05, 4.69) is 15.3 Å². The number of H-pyrrole nitrogens is 1. The van der Waals surface area contributed by atoms with E-state index in [9.17, 15) is 18.0 Å². The molecule has 31 heavy (non-hydrogen) atoms. The number of aromatic amines is 1. The summed E-state index contributed by atoms with van der Waals surface area (Å²) in [6.45, 7) is 3.44. The van der Waals surface area contributed by atoms with Crippen molar-refractivity contribution in [2.45, 2.75) is 28.8 Å². The van der Waals surface area contributed by atoms with E-state index in [0.29, 0.717) is 17.0 Å². The molecule has 1 amide bonds. The molecule has 8 nitrogen and oxygen atoms in total. The molecule has 0 saturated carbocycles. The van der Waals surface area contributed by atoms with Crippen LogP contribution in [0.25, 0.3) is 0 Å². The number of benzene rings is 2. The Hall–Kier alpha value is -3.11. The van der Waals surface area contributed by atoms with Crippen LogP contribution in [0.3, 0.4) is 0 Å². The van der Waals surface area contributed by atoms with Crippen LogP contribution in [0.4, 0.5) is 5.69 Å². The maximum absolute atomic E-state index is 12.9. The molecular weight excluding hydrogens is 438 g/mol. The molecule has 0 radical (unpaired) electrons. The summed E-state index contributed by atoms with van der Waals surface area (Å²) >= 11 is 0.992. The molecule has 1 aromatic heterocycles. The maximum atomic E-state index is 12.9. The Morgan fingerprint density at radius 1 is 1.13 bits per heavy atom. The lowest BCUT2D eigenvalue weighted by Crippen LogP contribution is -2.20. The molecule has 2 N–H and O–H groups in total. The second-order valence-electron chi connectivity index (χ2n) is 6.72. The van der Waals surface area contributed by atoms with Crippen LogP contribution in [0.2, 0.25) is 0 Å². The summed E-state index contributed by atoms with van der Waals surface area (Å²) in [4.78, 5) is 30.7. The van der Waals surface area contributed by atoms with Crippen LogP contribution >= 0.6 is 11.8 Å². The lowest BCUT2D eigenvalue weighted by atomic mass is 10.2. The van der Waals surface area contributed by atoms with Gasteiger partial charge in [-0.15, -0.1) is 0 Å². The Labute approximate surface area is 184 Å². The van der Waals surface area contributed by atoms with Crippen molar-refractivity contribution in [3.8, 4) is 5.75 Å². The molecule has 0 aliphatic heterocycles. The molecule has 2 aromatic carbocycles. The highest BCUT2D eigenvalue weighted by Crippen LogP contribution is 2.23. The topological polar surface area (TPSA) is 118 Å². The number of sulfone groups is 1. The first-order valence-electron chi connectivity index (χ1n) is 9.19. The number of anilines is 1. The average molecular weight is 460 g/mol. The van der Waals surface area contributed by atoms with Gasteiger partial charge in [-0.25, -0.2) is 13.4 Å². The van der Waals surface area contributed by atoms with Crippen LogP contribution in [-0.2, 0) is 14.6 Å². The van der Waals surface area contributed by atoms with E-state index in [0.717, 1.165) is 23.5 Å². The highest BCUT2D eigenvalue weighted by molar-refractivity contribution is 7.99. The molecular formula is C21H21N3O5S2. The summed E-state index contributed by atoms with van der Waals surface area (Å²) in [5.41, 5.74) is 1.12. The molecule has 0 unspecified atom stereocenters. The van der Waals surface area contributed by atoms with Crippen LogP contribution in [0.5, 0.6) is 5.75 Å². The van der Waals surface area contributed by atoms with Crippen molar-refractivity contribution < 1.29 is 17.9 Å². The molecule has 1 heterocycles. The van der Waals surface area contributed by atoms with Crippen molar-refractivity contribution in [1.82, 2.24) is 9.97 Å². The number of ether oxygens (including phenoxy) is 1. The standard InChI is InChI=1S/C21H21N3O5S2/c1-13-4-5-14(2)17(10-13)31(27,28)18-11-22-21(24-20(18)26)30-12-19(25)23-15-6-8-16(29-3)9-7-15/h4-11H,12H2,1-3H3,(H,23,25)(H,22,24,26). The van der Waals surface area contributed by atoms with Gasteiger partial charge in [0.05, 0.1) is 24.0 Å². The molecule has 0 aliphatic carbocycles. The van der Waals surface area contributed by atoms with E-state index in [-0.39, 0.29) is 21.7 Å². The average Bonchev–Trinajstić information content (AvgIpc) is 2.74. The van der Waals surface area contributed by atoms with E-state index < -0.39 is 20.3 Å². The summed E-state index contributed by atoms with van der Waals surface area (Å²) in [6.07, 6.45) is 1.03. The fourth-order valence-electron chi connectivity index (χ4n) is 2.75. The van der Waals surface area contributed by atoms with Gasteiger partial charge in [0.1, 0.15) is 5.75 Å². The summed E-state index contributed by atoms with van der Waals surface area (Å²) in [6, 6.07) is 11.9. The number of aromatic nitrogens is 2. The molecule has 0 spiro atoms. The molecule has 0 bridgehead atoms. The van der Waals surface area contributed by atoms with Crippen molar-refractivity contribution in [2.24, 2.45) is 0 Å². The van der Waals surface area contributed by atoms with E-state index in [1.807, 2.05) is 0 Å². The van der Waals surface area contributed by atoms with Gasteiger partial charge in [-0.2, -0.15) is 0 Å². The number of carbonyl (C=O) groups is 1. The van der Waals surface area contributed by atoms with E-state index in [1.165, 1.54) is 6.07 Å². The Morgan fingerprint density at radius 3 is 2.48 bits per heavy atom. The number of nitrogens with one attached hydrogen (secondary N) is 2. The number of nitrogens with zero attached hydrogens (tertiary/aromatic N) is 1. The first kappa shape index (κ1) is 22.6. The minimum Gasteiger partial charge on any atom is -0.497 e. The highest BCUT2D eigenvalue weighted by Gasteiger charge is 2.24. The van der Waals surface area contributed by atoms with Crippen molar-refractivity contribution in [1.29, 1.82) is 0 Å². The highest BCUT2D eigenvalue weighted by atomic mass is 32.2. The third-order valence-corrected chi connectivity index (χ3v) is 7.16. The summed E-state index contributed by atoms with van der Waals surface area (Å²) < 4.78 is 30.9. The fourth-order valence-corrected chi connectivity index (χ4v) is 4.94. The molecule has 10 heteroatoms. The summed E-state index contributed by atoms with van der Waals surface area (Å²) in [5.74, 6) is 0.355. The second kappa shape index (κ2) is 9.36. The third-order valence-electron chi connectivity index (χ3n) is 4.38. The first-order chi connectivity index (χ1) is 14.7. The van der Waals surface area contributed by atoms with Gasteiger partial charge < -0.3 is 15.0 Å². The predicted octanol–water partition coefficient (Wildman–Crippen LogP) is 2.96. The molecule has 162 valence electrons. The van der Waals surface area contributed by atoms with Gasteiger partial charge in [0.15, 0.2) is 10.1 Å². The molecule has 0 saturated heterocycles. The van der Waals surface area contributed by atoms with Gasteiger partial charge >= 0.3 is 0 Å². The lowest BCUT2D eigenvalue weighted by molar-refractivity contribution is -0.113. The molecule has 0 fully saturated rings. The van der Waals surface area contributed by atoms with Crippen LogP contribution in [-0.4, -0.2) is 37.2 Å². The minimum atomic E-state index is -4.02. The molecule has 3 aromatic rings. The van der Waals surface area contributed by atoms with Gasteiger partial charge in [-0.05, 0) is 55.3 Å². The van der Waals surface area contributed by atoms with E-state index in [4.69, 9.17) is 4.74 Å². The Morgan fingerprint density at radius 2 is 1.84 bits per heavy atom. The largest absolute Gasteiger partial charge is 0.497 e. The SMILES string of the molecule is COc1ccc(NC(=O)CSc2ncc(S(=O)(=O)c3cc(C)ccc3C)c(=O)[nH]2)cc1.